The highest BCUT2D eigenvalue weighted by atomic mass is 19.1. The summed E-state index contributed by atoms with van der Waals surface area (Å²) >= 11 is 0. The summed E-state index contributed by atoms with van der Waals surface area (Å²) < 4.78 is 23.0. The number of methoxy groups -OCH3 is 1. The van der Waals surface area contributed by atoms with E-state index in [1.807, 2.05) is 0 Å². The molecule has 0 saturated heterocycles. The van der Waals surface area contributed by atoms with Crippen LogP contribution in [0.25, 0.3) is 0 Å². The summed E-state index contributed by atoms with van der Waals surface area (Å²) in [5.74, 6) is -0.768. The summed E-state index contributed by atoms with van der Waals surface area (Å²) in [5.41, 5.74) is 0.367. The van der Waals surface area contributed by atoms with Gasteiger partial charge < -0.3 is 19.8 Å². The van der Waals surface area contributed by atoms with Gasteiger partial charge in [-0.1, -0.05) is 0 Å². The van der Waals surface area contributed by atoms with E-state index in [4.69, 9.17) is 9.15 Å². The molecule has 2 N–H and O–H groups in total. The Balaban J connectivity index is 1.82. The first-order valence-corrected chi connectivity index (χ1v) is 6.55. The Hall–Kier alpha value is -2.83. The summed E-state index contributed by atoms with van der Waals surface area (Å²) in [4.78, 5) is 23.4. The van der Waals surface area contributed by atoms with Crippen LogP contribution in [-0.4, -0.2) is 25.5 Å². The minimum atomic E-state index is -0.458. The number of rotatable bonds is 6. The quantitative estimate of drug-likeness (QED) is 0.857. The largest absolute Gasteiger partial charge is 0.494 e. The second-order valence-electron chi connectivity index (χ2n) is 4.38. The van der Waals surface area contributed by atoms with E-state index in [0.29, 0.717) is 5.69 Å². The van der Waals surface area contributed by atoms with Crippen LogP contribution in [0.15, 0.2) is 41.0 Å². The van der Waals surface area contributed by atoms with Crippen molar-refractivity contribution in [1.29, 1.82) is 0 Å². The van der Waals surface area contributed by atoms with Gasteiger partial charge in [0.2, 0.25) is 5.91 Å². The average Bonchev–Trinajstić information content (AvgIpc) is 3.03. The normalized spacial score (nSPS) is 10.1. The summed E-state index contributed by atoms with van der Waals surface area (Å²) in [5, 5.41) is 5.15. The topological polar surface area (TPSA) is 80.6 Å². The van der Waals surface area contributed by atoms with E-state index < -0.39 is 11.7 Å². The molecule has 116 valence electrons. The van der Waals surface area contributed by atoms with Gasteiger partial charge in [-0.2, -0.15) is 0 Å². The molecule has 1 aromatic carbocycles. The molecule has 0 aliphatic rings. The number of nitrogens with one attached hydrogen (secondary N) is 2. The van der Waals surface area contributed by atoms with Crippen LogP contribution in [0.2, 0.25) is 0 Å². The van der Waals surface area contributed by atoms with Crippen molar-refractivity contribution in [2.45, 2.75) is 6.42 Å². The van der Waals surface area contributed by atoms with Crippen molar-refractivity contribution < 1.29 is 23.1 Å². The zero-order valence-electron chi connectivity index (χ0n) is 11.9. The van der Waals surface area contributed by atoms with Crippen LogP contribution in [0.3, 0.4) is 0 Å². The molecule has 1 heterocycles. The predicted octanol–water partition coefficient (Wildman–Crippen LogP) is 2.19. The van der Waals surface area contributed by atoms with Crippen molar-refractivity contribution in [3.8, 4) is 5.75 Å². The molecule has 2 aromatic rings. The highest BCUT2D eigenvalue weighted by molar-refractivity contribution is 5.94. The summed E-state index contributed by atoms with van der Waals surface area (Å²) in [6.45, 7) is 0.148. The van der Waals surface area contributed by atoms with Gasteiger partial charge in [0.15, 0.2) is 5.76 Å². The molecule has 0 aliphatic heterocycles. The van der Waals surface area contributed by atoms with E-state index in [2.05, 4.69) is 10.6 Å². The summed E-state index contributed by atoms with van der Waals surface area (Å²) in [6, 6.07) is 6.93. The molecule has 0 bridgehead atoms. The molecule has 0 aliphatic carbocycles. The van der Waals surface area contributed by atoms with Gasteiger partial charge in [0.1, 0.15) is 11.6 Å². The molecular formula is C15H15FN2O4. The number of halogens is 1. The van der Waals surface area contributed by atoms with Crippen molar-refractivity contribution in [3.05, 3.63) is 48.2 Å². The molecule has 0 radical (unpaired) electrons. The molecule has 1 aromatic heterocycles. The lowest BCUT2D eigenvalue weighted by Gasteiger charge is -2.10. The lowest BCUT2D eigenvalue weighted by molar-refractivity contribution is -0.116. The Morgan fingerprint density at radius 3 is 2.82 bits per heavy atom. The summed E-state index contributed by atoms with van der Waals surface area (Å²) in [7, 11) is 1.38. The van der Waals surface area contributed by atoms with Gasteiger partial charge in [-0.05, 0) is 24.3 Å². The number of hydrogen-bond donors (Lipinski definition) is 2. The monoisotopic (exact) mass is 306 g/mol. The molecule has 2 amide bonds. The smallest absolute Gasteiger partial charge is 0.286 e. The fraction of sp³-hybridized carbons (Fsp3) is 0.200. The van der Waals surface area contributed by atoms with E-state index in [1.54, 1.807) is 6.07 Å². The second kappa shape index (κ2) is 7.26. The first-order valence-electron chi connectivity index (χ1n) is 6.55. The Labute approximate surface area is 126 Å². The Bertz CT molecular complexity index is 656. The third kappa shape index (κ3) is 4.08. The number of ether oxygens (including phenoxy) is 1. The van der Waals surface area contributed by atoms with Crippen LogP contribution < -0.4 is 15.4 Å². The Morgan fingerprint density at radius 1 is 1.32 bits per heavy atom. The fourth-order valence-corrected chi connectivity index (χ4v) is 1.77. The molecule has 6 nitrogen and oxygen atoms in total. The number of carbonyl (C=O) groups is 2. The van der Waals surface area contributed by atoms with Gasteiger partial charge >= 0.3 is 0 Å². The molecular weight excluding hydrogens is 291 g/mol. The molecule has 0 fully saturated rings. The molecule has 7 heteroatoms. The van der Waals surface area contributed by atoms with Crippen molar-refractivity contribution in [2.24, 2.45) is 0 Å². The molecule has 0 atom stereocenters. The maximum absolute atomic E-state index is 13.0. The Kier molecular flexibility index (Phi) is 5.13. The highest BCUT2D eigenvalue weighted by Crippen LogP contribution is 2.24. The van der Waals surface area contributed by atoms with Gasteiger partial charge in [-0.25, -0.2) is 4.39 Å². The van der Waals surface area contributed by atoms with Gasteiger partial charge in [-0.15, -0.1) is 0 Å². The van der Waals surface area contributed by atoms with Crippen molar-refractivity contribution in [3.63, 3.8) is 0 Å². The number of amides is 2. The standard InChI is InChI=1S/C15H15FN2O4/c1-21-13-9-10(16)4-5-11(13)18-14(19)6-7-17-15(20)12-3-2-8-22-12/h2-5,8-9H,6-7H2,1H3,(H,17,20)(H,18,19). The molecule has 0 spiro atoms. The van der Waals surface area contributed by atoms with Crippen LogP contribution >= 0.6 is 0 Å². The first-order chi connectivity index (χ1) is 10.6. The van der Waals surface area contributed by atoms with Crippen LogP contribution in [0.5, 0.6) is 5.75 Å². The van der Waals surface area contributed by atoms with Crippen LogP contribution in [0, 0.1) is 5.82 Å². The third-order valence-corrected chi connectivity index (χ3v) is 2.82. The van der Waals surface area contributed by atoms with Crippen molar-refractivity contribution in [2.75, 3.05) is 19.0 Å². The first kappa shape index (κ1) is 15.6. The van der Waals surface area contributed by atoms with Gasteiger partial charge in [-0.3, -0.25) is 9.59 Å². The van der Waals surface area contributed by atoms with Crippen LogP contribution in [-0.2, 0) is 4.79 Å². The minimum Gasteiger partial charge on any atom is -0.494 e. The number of furan rings is 1. The number of anilines is 1. The lowest BCUT2D eigenvalue weighted by atomic mass is 10.2. The Morgan fingerprint density at radius 2 is 2.14 bits per heavy atom. The molecule has 0 saturated carbocycles. The maximum Gasteiger partial charge on any atom is 0.286 e. The fourth-order valence-electron chi connectivity index (χ4n) is 1.77. The maximum atomic E-state index is 13.0. The van der Waals surface area contributed by atoms with E-state index in [9.17, 15) is 14.0 Å². The number of carbonyl (C=O) groups excluding carboxylic acids is 2. The van der Waals surface area contributed by atoms with E-state index >= 15 is 0 Å². The second-order valence-corrected chi connectivity index (χ2v) is 4.38. The van der Waals surface area contributed by atoms with Crippen molar-refractivity contribution >= 4 is 17.5 Å². The minimum absolute atomic E-state index is 0.0625. The lowest BCUT2D eigenvalue weighted by Crippen LogP contribution is -2.27. The van der Waals surface area contributed by atoms with Gasteiger partial charge in [0, 0.05) is 19.0 Å². The molecule has 22 heavy (non-hydrogen) atoms. The third-order valence-electron chi connectivity index (χ3n) is 2.82. The van der Waals surface area contributed by atoms with E-state index in [0.717, 1.165) is 0 Å². The predicted molar refractivity (Wildman–Crippen MR) is 77.2 cm³/mol. The SMILES string of the molecule is COc1cc(F)ccc1NC(=O)CCNC(=O)c1ccco1. The number of benzene rings is 1. The number of hydrogen-bond acceptors (Lipinski definition) is 4. The van der Waals surface area contributed by atoms with Gasteiger partial charge in [0.25, 0.3) is 5.91 Å². The van der Waals surface area contributed by atoms with Crippen LogP contribution in [0.4, 0.5) is 10.1 Å². The zero-order chi connectivity index (χ0) is 15.9. The summed E-state index contributed by atoms with van der Waals surface area (Å²) in [6.07, 6.45) is 1.45. The van der Waals surface area contributed by atoms with E-state index in [-0.39, 0.29) is 30.4 Å². The average molecular weight is 306 g/mol. The molecule has 2 rings (SSSR count). The highest BCUT2D eigenvalue weighted by Gasteiger charge is 2.11. The van der Waals surface area contributed by atoms with Gasteiger partial charge in [0.05, 0.1) is 19.1 Å². The van der Waals surface area contributed by atoms with E-state index in [1.165, 1.54) is 37.6 Å². The zero-order valence-corrected chi connectivity index (χ0v) is 11.9. The van der Waals surface area contributed by atoms with Crippen molar-refractivity contribution in [1.82, 2.24) is 5.32 Å². The molecule has 0 unspecified atom stereocenters. The van der Waals surface area contributed by atoms with Crippen LogP contribution in [0.1, 0.15) is 17.0 Å².